The van der Waals surface area contributed by atoms with Crippen molar-refractivity contribution >= 4 is 33.3 Å². The molecule has 0 amide bonds. The molecule has 0 aliphatic heterocycles. The van der Waals surface area contributed by atoms with Gasteiger partial charge >= 0.3 is 0 Å². The Morgan fingerprint density at radius 2 is 1.00 bits per heavy atom. The molecule has 6 heteroatoms. The highest BCUT2D eigenvalue weighted by Crippen LogP contribution is 2.23. The minimum Gasteiger partial charge on any atom is -0.266 e. The molecule has 0 fully saturated rings. The molecule has 0 aliphatic rings. The maximum absolute atomic E-state index is 12.2. The summed E-state index contributed by atoms with van der Waals surface area (Å²) in [6.45, 7) is 2.47. The van der Waals surface area contributed by atoms with Gasteiger partial charge in [-0.15, -0.1) is 0 Å². The predicted octanol–water partition coefficient (Wildman–Crippen LogP) is 8.96. The minimum atomic E-state index is -3.79. The zero-order valence-electron chi connectivity index (χ0n) is 18.6. The SMILES string of the molecule is CCCCCCCCCCCCCCCCCCOS(=O)(=O)c1cc(Cl)cc(Cl)c1. The van der Waals surface area contributed by atoms with E-state index in [0.29, 0.717) is 0 Å². The van der Waals surface area contributed by atoms with Gasteiger partial charge in [0.05, 0.1) is 11.5 Å². The van der Waals surface area contributed by atoms with Crippen molar-refractivity contribution in [3.8, 4) is 0 Å². The molecule has 0 atom stereocenters. The predicted molar refractivity (Wildman–Crippen MR) is 129 cm³/mol. The summed E-state index contributed by atoms with van der Waals surface area (Å²) in [5.74, 6) is 0. The molecule has 1 rings (SSSR count). The van der Waals surface area contributed by atoms with Crippen LogP contribution < -0.4 is 0 Å². The van der Waals surface area contributed by atoms with E-state index < -0.39 is 10.1 Å². The van der Waals surface area contributed by atoms with E-state index in [1.807, 2.05) is 0 Å². The number of hydrogen-bond donors (Lipinski definition) is 0. The van der Waals surface area contributed by atoms with Crippen LogP contribution in [-0.4, -0.2) is 15.0 Å². The van der Waals surface area contributed by atoms with Crippen molar-refractivity contribution in [3.63, 3.8) is 0 Å². The van der Waals surface area contributed by atoms with E-state index in [-0.39, 0.29) is 21.5 Å². The normalized spacial score (nSPS) is 11.8. The van der Waals surface area contributed by atoms with Gasteiger partial charge < -0.3 is 0 Å². The third kappa shape index (κ3) is 13.9. The van der Waals surface area contributed by atoms with Gasteiger partial charge in [-0.3, -0.25) is 4.18 Å². The topological polar surface area (TPSA) is 43.4 Å². The smallest absolute Gasteiger partial charge is 0.266 e. The van der Waals surface area contributed by atoms with E-state index in [9.17, 15) is 8.42 Å². The maximum atomic E-state index is 12.2. The number of benzene rings is 1. The number of hydrogen-bond acceptors (Lipinski definition) is 3. The van der Waals surface area contributed by atoms with Crippen LogP contribution in [0.25, 0.3) is 0 Å². The van der Waals surface area contributed by atoms with Crippen LogP contribution in [-0.2, 0) is 14.3 Å². The molecule has 0 unspecified atom stereocenters. The number of halogens is 2. The lowest BCUT2D eigenvalue weighted by atomic mass is 10.0. The largest absolute Gasteiger partial charge is 0.297 e. The maximum Gasteiger partial charge on any atom is 0.297 e. The standard InChI is InChI=1S/C24H40Cl2O3S/c1-2-3-4-5-6-7-8-9-10-11-12-13-14-15-16-17-18-29-30(27,28)24-20-22(25)19-23(26)21-24/h19-21H,2-18H2,1H3. The van der Waals surface area contributed by atoms with Gasteiger partial charge in [-0.2, -0.15) is 8.42 Å². The number of unbranched alkanes of at least 4 members (excludes halogenated alkanes) is 15. The Balaban J connectivity index is 1.92. The van der Waals surface area contributed by atoms with Gasteiger partial charge in [0.25, 0.3) is 10.1 Å². The van der Waals surface area contributed by atoms with Crippen molar-refractivity contribution in [2.24, 2.45) is 0 Å². The molecule has 0 saturated heterocycles. The van der Waals surface area contributed by atoms with Crippen LogP contribution in [0, 0.1) is 0 Å². The average Bonchev–Trinajstić information content (AvgIpc) is 2.69. The van der Waals surface area contributed by atoms with Gasteiger partial charge in [0.2, 0.25) is 0 Å². The fraction of sp³-hybridized carbons (Fsp3) is 0.750. The molecule has 0 radical (unpaired) electrons. The van der Waals surface area contributed by atoms with Gasteiger partial charge in [0.1, 0.15) is 0 Å². The summed E-state index contributed by atoms with van der Waals surface area (Å²) >= 11 is 11.7. The average molecular weight is 480 g/mol. The second kappa shape index (κ2) is 17.3. The fourth-order valence-corrected chi connectivity index (χ4v) is 5.23. The molecular weight excluding hydrogens is 439 g/mol. The first-order valence-electron chi connectivity index (χ1n) is 11.8. The zero-order valence-corrected chi connectivity index (χ0v) is 21.0. The van der Waals surface area contributed by atoms with E-state index in [0.717, 1.165) is 19.3 Å². The molecule has 0 spiro atoms. The Kier molecular flexibility index (Phi) is 16.0. The van der Waals surface area contributed by atoms with E-state index in [2.05, 4.69) is 6.92 Å². The Morgan fingerprint density at radius 3 is 1.40 bits per heavy atom. The fourth-order valence-electron chi connectivity index (χ4n) is 3.56. The molecule has 0 bridgehead atoms. The third-order valence-electron chi connectivity index (χ3n) is 5.36. The van der Waals surface area contributed by atoms with Crippen LogP contribution in [0.4, 0.5) is 0 Å². The summed E-state index contributed by atoms with van der Waals surface area (Å²) in [6, 6.07) is 4.21. The molecule has 30 heavy (non-hydrogen) atoms. The van der Waals surface area contributed by atoms with E-state index >= 15 is 0 Å². The van der Waals surface area contributed by atoms with E-state index in [4.69, 9.17) is 27.4 Å². The zero-order chi connectivity index (χ0) is 22.1. The lowest BCUT2D eigenvalue weighted by Crippen LogP contribution is -2.07. The molecule has 0 aromatic heterocycles. The highest BCUT2D eigenvalue weighted by atomic mass is 35.5. The lowest BCUT2D eigenvalue weighted by Gasteiger charge is -2.07. The molecule has 174 valence electrons. The quantitative estimate of drug-likeness (QED) is 0.147. The molecule has 3 nitrogen and oxygen atoms in total. The van der Waals surface area contributed by atoms with Crippen LogP contribution in [0.15, 0.2) is 23.1 Å². The monoisotopic (exact) mass is 478 g/mol. The van der Waals surface area contributed by atoms with E-state index in [1.54, 1.807) is 0 Å². The van der Waals surface area contributed by atoms with Crippen molar-refractivity contribution in [3.05, 3.63) is 28.2 Å². The Bertz CT molecular complexity index is 642. The molecule has 1 aromatic carbocycles. The van der Waals surface area contributed by atoms with Crippen molar-refractivity contribution in [1.82, 2.24) is 0 Å². The first-order valence-corrected chi connectivity index (χ1v) is 14.0. The van der Waals surface area contributed by atoms with Gasteiger partial charge in [-0.1, -0.05) is 126 Å². The second-order valence-electron chi connectivity index (χ2n) is 8.18. The van der Waals surface area contributed by atoms with Crippen molar-refractivity contribution in [1.29, 1.82) is 0 Å². The van der Waals surface area contributed by atoms with E-state index in [1.165, 1.54) is 102 Å². The molecule has 0 N–H and O–H groups in total. The summed E-state index contributed by atoms with van der Waals surface area (Å²) in [5, 5.41) is 0.569. The molecule has 0 aliphatic carbocycles. The van der Waals surface area contributed by atoms with Gasteiger partial charge in [-0.25, -0.2) is 0 Å². The molecule has 0 heterocycles. The van der Waals surface area contributed by atoms with Crippen molar-refractivity contribution in [2.45, 2.75) is 115 Å². The van der Waals surface area contributed by atoms with Crippen LogP contribution in [0.1, 0.15) is 110 Å². The van der Waals surface area contributed by atoms with Crippen LogP contribution in [0.2, 0.25) is 10.0 Å². The molecular formula is C24H40Cl2O3S. The minimum absolute atomic E-state index is 0.0106. The summed E-state index contributed by atoms with van der Waals surface area (Å²) in [4.78, 5) is 0.0106. The molecule has 0 saturated carbocycles. The Hall–Kier alpha value is -0.290. The summed E-state index contributed by atoms with van der Waals surface area (Å²) in [6.07, 6.45) is 20.5. The summed E-state index contributed by atoms with van der Waals surface area (Å²) < 4.78 is 29.4. The van der Waals surface area contributed by atoms with Crippen LogP contribution >= 0.6 is 23.2 Å². The number of rotatable bonds is 19. The summed E-state index contributed by atoms with van der Waals surface area (Å²) in [7, 11) is -3.79. The van der Waals surface area contributed by atoms with Gasteiger partial charge in [-0.05, 0) is 24.6 Å². The lowest BCUT2D eigenvalue weighted by molar-refractivity contribution is 0.306. The van der Waals surface area contributed by atoms with Gasteiger partial charge in [0.15, 0.2) is 0 Å². The van der Waals surface area contributed by atoms with Gasteiger partial charge in [0, 0.05) is 10.0 Å². The van der Waals surface area contributed by atoms with Crippen LogP contribution in [0.5, 0.6) is 0 Å². The first kappa shape index (κ1) is 27.7. The van der Waals surface area contributed by atoms with Crippen molar-refractivity contribution in [2.75, 3.05) is 6.61 Å². The Labute approximate surface area is 195 Å². The van der Waals surface area contributed by atoms with Crippen molar-refractivity contribution < 1.29 is 12.6 Å². The van der Waals surface area contributed by atoms with Crippen LogP contribution in [0.3, 0.4) is 0 Å². The third-order valence-corrected chi connectivity index (χ3v) is 7.09. The highest BCUT2D eigenvalue weighted by molar-refractivity contribution is 7.86. The highest BCUT2D eigenvalue weighted by Gasteiger charge is 2.16. The molecule has 1 aromatic rings. The Morgan fingerprint density at radius 1 is 0.633 bits per heavy atom. The summed E-state index contributed by atoms with van der Waals surface area (Å²) in [5.41, 5.74) is 0. The first-order chi connectivity index (χ1) is 14.5. The second-order valence-corrected chi connectivity index (χ2v) is 10.7.